The van der Waals surface area contributed by atoms with Crippen molar-refractivity contribution >= 4 is 5.97 Å². The zero-order chi connectivity index (χ0) is 12.1. The zero-order valence-electron chi connectivity index (χ0n) is 9.97. The molecule has 1 N–H and O–H groups in total. The molecule has 0 unspecified atom stereocenters. The number of ether oxygens (including phenoxy) is 1. The molecule has 17 heavy (non-hydrogen) atoms. The monoisotopic (exact) mass is 237 g/mol. The highest BCUT2D eigenvalue weighted by molar-refractivity contribution is 5.85. The molecule has 94 valence electrons. The second-order valence-electron chi connectivity index (χ2n) is 4.52. The number of hydrogen-bond acceptors (Lipinski definition) is 2. The van der Waals surface area contributed by atoms with Crippen molar-refractivity contribution in [2.75, 3.05) is 6.61 Å². The fourth-order valence-corrected chi connectivity index (χ4v) is 2.35. The van der Waals surface area contributed by atoms with E-state index in [2.05, 4.69) is 0 Å². The summed E-state index contributed by atoms with van der Waals surface area (Å²) >= 11 is 0. The fourth-order valence-electron chi connectivity index (χ4n) is 2.35. The average molecular weight is 237 g/mol. The van der Waals surface area contributed by atoms with E-state index in [4.69, 9.17) is 9.84 Å². The lowest BCUT2D eigenvalue weighted by Gasteiger charge is -2.22. The maximum Gasteiger partial charge on any atom is 0.352 e. The first-order chi connectivity index (χ1) is 8.27. The molecule has 0 saturated heterocycles. The van der Waals surface area contributed by atoms with Crippen molar-refractivity contribution in [2.45, 2.75) is 44.8 Å². The minimum atomic E-state index is -0.882. The molecule has 0 spiro atoms. The lowest BCUT2D eigenvalue weighted by Crippen LogP contribution is -2.20. The van der Waals surface area contributed by atoms with Gasteiger partial charge in [-0.2, -0.15) is 0 Å². The van der Waals surface area contributed by atoms with Crippen molar-refractivity contribution in [3.8, 4) is 0 Å². The molecular formula is C13H19NO3. The minimum absolute atomic E-state index is 0.331. The standard InChI is InChI=1S/C13H19NO3/c15-13(16)12-7-4-8-14(12)9-10-17-11-5-2-1-3-6-11/h4,7-8,11H,1-3,5-6,9-10H2,(H,15,16). The molecule has 0 aromatic carbocycles. The molecule has 1 heterocycles. The lowest BCUT2D eigenvalue weighted by atomic mass is 9.98. The summed E-state index contributed by atoms with van der Waals surface area (Å²) in [7, 11) is 0. The van der Waals surface area contributed by atoms with Crippen molar-refractivity contribution in [3.05, 3.63) is 24.0 Å². The summed E-state index contributed by atoms with van der Waals surface area (Å²) in [6.45, 7) is 1.21. The first-order valence-corrected chi connectivity index (χ1v) is 6.27. The Morgan fingerprint density at radius 3 is 2.88 bits per heavy atom. The first kappa shape index (κ1) is 12.2. The van der Waals surface area contributed by atoms with Gasteiger partial charge >= 0.3 is 5.97 Å². The van der Waals surface area contributed by atoms with E-state index in [9.17, 15) is 4.79 Å². The van der Waals surface area contributed by atoms with E-state index >= 15 is 0 Å². The Balaban J connectivity index is 1.77. The van der Waals surface area contributed by atoms with Crippen molar-refractivity contribution < 1.29 is 14.6 Å². The topological polar surface area (TPSA) is 51.5 Å². The molecule has 0 bridgehead atoms. The van der Waals surface area contributed by atoms with Gasteiger partial charge in [-0.05, 0) is 25.0 Å². The van der Waals surface area contributed by atoms with Crippen LogP contribution in [-0.4, -0.2) is 28.4 Å². The maximum absolute atomic E-state index is 10.9. The summed E-state index contributed by atoms with van der Waals surface area (Å²) in [6, 6.07) is 3.37. The summed E-state index contributed by atoms with van der Waals surface area (Å²) < 4.78 is 7.50. The molecule has 1 fully saturated rings. The Morgan fingerprint density at radius 2 is 2.18 bits per heavy atom. The summed E-state index contributed by atoms with van der Waals surface area (Å²) in [6.07, 6.45) is 8.31. The number of aromatic nitrogens is 1. The van der Waals surface area contributed by atoms with E-state index in [0.29, 0.717) is 24.9 Å². The van der Waals surface area contributed by atoms with Crippen LogP contribution >= 0.6 is 0 Å². The molecular weight excluding hydrogens is 218 g/mol. The van der Waals surface area contributed by atoms with Gasteiger partial charge in [0.2, 0.25) is 0 Å². The smallest absolute Gasteiger partial charge is 0.352 e. The third kappa shape index (κ3) is 3.33. The highest BCUT2D eigenvalue weighted by Crippen LogP contribution is 2.20. The number of aromatic carboxylic acids is 1. The van der Waals surface area contributed by atoms with E-state index in [-0.39, 0.29) is 0 Å². The van der Waals surface area contributed by atoms with Gasteiger partial charge in [-0.25, -0.2) is 4.79 Å². The van der Waals surface area contributed by atoms with Gasteiger partial charge in [0, 0.05) is 12.7 Å². The number of rotatable bonds is 5. The molecule has 1 aromatic rings. The van der Waals surface area contributed by atoms with Gasteiger partial charge in [-0.1, -0.05) is 19.3 Å². The van der Waals surface area contributed by atoms with E-state index < -0.39 is 5.97 Å². The zero-order valence-corrected chi connectivity index (χ0v) is 9.97. The predicted octanol–water partition coefficient (Wildman–Crippen LogP) is 2.54. The number of hydrogen-bond donors (Lipinski definition) is 1. The van der Waals surface area contributed by atoms with E-state index in [1.807, 2.05) is 0 Å². The maximum atomic E-state index is 10.9. The van der Waals surface area contributed by atoms with E-state index in [1.54, 1.807) is 22.9 Å². The van der Waals surface area contributed by atoms with Crippen LogP contribution in [0, 0.1) is 0 Å². The second kappa shape index (κ2) is 5.87. The molecule has 1 aliphatic rings. The third-order valence-corrected chi connectivity index (χ3v) is 3.29. The molecule has 4 heteroatoms. The Labute approximate surface area is 101 Å². The Morgan fingerprint density at radius 1 is 1.41 bits per heavy atom. The van der Waals surface area contributed by atoms with Crippen LogP contribution in [0.25, 0.3) is 0 Å². The Hall–Kier alpha value is -1.29. The van der Waals surface area contributed by atoms with Gasteiger partial charge in [-0.15, -0.1) is 0 Å². The normalized spacial score (nSPS) is 17.2. The average Bonchev–Trinajstić information content (AvgIpc) is 2.79. The van der Waals surface area contributed by atoms with Crippen molar-refractivity contribution in [1.29, 1.82) is 0 Å². The first-order valence-electron chi connectivity index (χ1n) is 6.27. The molecule has 1 saturated carbocycles. The molecule has 0 aliphatic heterocycles. The molecule has 2 rings (SSSR count). The van der Waals surface area contributed by atoms with Gasteiger partial charge in [0.25, 0.3) is 0 Å². The quantitative estimate of drug-likeness (QED) is 0.856. The van der Waals surface area contributed by atoms with Gasteiger partial charge in [-0.3, -0.25) is 0 Å². The highest BCUT2D eigenvalue weighted by atomic mass is 16.5. The SMILES string of the molecule is O=C(O)c1cccn1CCOC1CCCCC1. The second-order valence-corrected chi connectivity index (χ2v) is 4.52. The van der Waals surface area contributed by atoms with Gasteiger partial charge in [0.05, 0.1) is 12.7 Å². The van der Waals surface area contributed by atoms with Crippen LogP contribution in [0.1, 0.15) is 42.6 Å². The molecule has 0 atom stereocenters. The fraction of sp³-hybridized carbons (Fsp3) is 0.615. The lowest BCUT2D eigenvalue weighted by molar-refractivity contribution is 0.0236. The van der Waals surface area contributed by atoms with Gasteiger partial charge < -0.3 is 14.4 Å². The highest BCUT2D eigenvalue weighted by Gasteiger charge is 2.14. The van der Waals surface area contributed by atoms with E-state index in [0.717, 1.165) is 12.8 Å². The van der Waals surface area contributed by atoms with Crippen LogP contribution < -0.4 is 0 Å². The third-order valence-electron chi connectivity index (χ3n) is 3.29. The van der Waals surface area contributed by atoms with Gasteiger partial charge in [0.1, 0.15) is 5.69 Å². The van der Waals surface area contributed by atoms with Crippen LogP contribution in [0.5, 0.6) is 0 Å². The summed E-state index contributed by atoms with van der Waals surface area (Å²) in [4.78, 5) is 10.9. The molecule has 1 aromatic heterocycles. The molecule has 1 aliphatic carbocycles. The number of carboxylic acid groups (broad SMARTS) is 1. The summed E-state index contributed by atoms with van der Waals surface area (Å²) in [5.74, 6) is -0.882. The summed E-state index contributed by atoms with van der Waals surface area (Å²) in [5, 5.41) is 8.94. The van der Waals surface area contributed by atoms with Crippen LogP contribution in [0.4, 0.5) is 0 Å². The van der Waals surface area contributed by atoms with Crippen molar-refractivity contribution in [1.82, 2.24) is 4.57 Å². The summed E-state index contributed by atoms with van der Waals surface area (Å²) in [5.41, 5.74) is 0.331. The number of carbonyl (C=O) groups is 1. The Bertz CT molecular complexity index is 366. The number of nitrogens with zero attached hydrogens (tertiary/aromatic N) is 1. The van der Waals surface area contributed by atoms with Crippen LogP contribution in [-0.2, 0) is 11.3 Å². The van der Waals surface area contributed by atoms with Crippen molar-refractivity contribution in [3.63, 3.8) is 0 Å². The van der Waals surface area contributed by atoms with Crippen LogP contribution in [0.2, 0.25) is 0 Å². The molecule has 4 nitrogen and oxygen atoms in total. The molecule has 0 radical (unpaired) electrons. The minimum Gasteiger partial charge on any atom is -0.477 e. The molecule has 0 amide bonds. The largest absolute Gasteiger partial charge is 0.477 e. The predicted molar refractivity (Wildman–Crippen MR) is 64.2 cm³/mol. The number of carboxylic acids is 1. The van der Waals surface area contributed by atoms with Gasteiger partial charge in [0.15, 0.2) is 0 Å². The van der Waals surface area contributed by atoms with Crippen molar-refractivity contribution in [2.24, 2.45) is 0 Å². The Kier molecular flexibility index (Phi) is 4.20. The van der Waals surface area contributed by atoms with E-state index in [1.165, 1.54) is 19.3 Å². The van der Waals surface area contributed by atoms with Crippen LogP contribution in [0.15, 0.2) is 18.3 Å². The van der Waals surface area contributed by atoms with Crippen LogP contribution in [0.3, 0.4) is 0 Å².